The van der Waals surface area contributed by atoms with Crippen molar-refractivity contribution in [3.63, 3.8) is 0 Å². The number of carbonyl (C=O) groups excluding carboxylic acids is 1. The van der Waals surface area contributed by atoms with E-state index in [1.807, 2.05) is 31.2 Å². The zero-order valence-corrected chi connectivity index (χ0v) is 12.6. The minimum Gasteiger partial charge on any atom is -0.490 e. The molecule has 0 radical (unpaired) electrons. The number of hydrogen-bond acceptors (Lipinski definition) is 5. The molecule has 0 fully saturated rings. The fourth-order valence-electron chi connectivity index (χ4n) is 2.23. The van der Waals surface area contributed by atoms with Crippen molar-refractivity contribution in [1.29, 1.82) is 0 Å². The van der Waals surface area contributed by atoms with Crippen molar-refractivity contribution >= 4 is 16.7 Å². The van der Waals surface area contributed by atoms with Crippen LogP contribution in [0.4, 0.5) is 0 Å². The maximum Gasteiger partial charge on any atom is 0.308 e. The summed E-state index contributed by atoms with van der Waals surface area (Å²) in [6.45, 7) is 3.72. The molecule has 2 aromatic rings. The third-order valence-electron chi connectivity index (χ3n) is 2.98. The van der Waals surface area contributed by atoms with E-state index in [0.29, 0.717) is 29.6 Å². The van der Waals surface area contributed by atoms with Crippen molar-refractivity contribution in [3.05, 3.63) is 24.3 Å². The highest BCUT2D eigenvalue weighted by Crippen LogP contribution is 2.50. The Bertz CT molecular complexity index is 663. The first-order chi connectivity index (χ1) is 10.1. The number of carbonyl (C=O) groups is 1. The minimum absolute atomic E-state index is 0.334. The van der Waals surface area contributed by atoms with Crippen LogP contribution in [0.1, 0.15) is 13.8 Å². The van der Waals surface area contributed by atoms with E-state index in [1.54, 1.807) is 0 Å². The van der Waals surface area contributed by atoms with E-state index < -0.39 is 5.97 Å². The van der Waals surface area contributed by atoms with Gasteiger partial charge in [0, 0.05) is 17.7 Å². The molecular formula is C16H18O5. The highest BCUT2D eigenvalue weighted by Gasteiger charge is 2.24. The van der Waals surface area contributed by atoms with Crippen LogP contribution < -0.4 is 18.9 Å². The normalized spacial score (nSPS) is 10.3. The molecule has 0 N–H and O–H groups in total. The molecule has 21 heavy (non-hydrogen) atoms. The molecular weight excluding hydrogens is 272 g/mol. The van der Waals surface area contributed by atoms with Gasteiger partial charge in [0.1, 0.15) is 0 Å². The van der Waals surface area contributed by atoms with E-state index in [0.717, 1.165) is 10.8 Å². The Morgan fingerprint density at radius 1 is 0.952 bits per heavy atom. The molecule has 0 atom stereocenters. The molecule has 0 unspecified atom stereocenters. The Hall–Kier alpha value is -2.43. The first kappa shape index (κ1) is 15.0. The molecule has 0 aromatic heterocycles. The number of esters is 1. The Kier molecular flexibility index (Phi) is 4.52. The Balaban J connectivity index is 2.87. The lowest BCUT2D eigenvalue weighted by Crippen LogP contribution is -2.06. The quantitative estimate of drug-likeness (QED) is 0.625. The van der Waals surface area contributed by atoms with Crippen LogP contribution in [0.15, 0.2) is 24.3 Å². The standard InChI is InChI=1S/C16H18O5/c1-5-20-13-11-8-6-7-9-12(11)14(21-10(2)17)16(19-4)15(13)18-3/h6-9H,5H2,1-4H3. The molecule has 0 heterocycles. The average molecular weight is 290 g/mol. The van der Waals surface area contributed by atoms with Crippen LogP contribution in [0.25, 0.3) is 10.8 Å². The Morgan fingerprint density at radius 2 is 1.48 bits per heavy atom. The number of ether oxygens (including phenoxy) is 4. The average Bonchev–Trinajstić information content (AvgIpc) is 2.48. The molecule has 0 aliphatic carbocycles. The summed E-state index contributed by atoms with van der Waals surface area (Å²) in [5.74, 6) is 1.23. The van der Waals surface area contributed by atoms with E-state index in [4.69, 9.17) is 18.9 Å². The zero-order valence-electron chi connectivity index (χ0n) is 12.6. The molecule has 5 heteroatoms. The molecule has 0 amide bonds. The van der Waals surface area contributed by atoms with Gasteiger partial charge in [-0.2, -0.15) is 0 Å². The predicted octanol–water partition coefficient (Wildman–Crippen LogP) is 3.18. The van der Waals surface area contributed by atoms with Gasteiger partial charge in [0.15, 0.2) is 11.5 Å². The fraction of sp³-hybridized carbons (Fsp3) is 0.312. The summed E-state index contributed by atoms with van der Waals surface area (Å²) in [6, 6.07) is 7.47. The van der Waals surface area contributed by atoms with E-state index in [2.05, 4.69) is 0 Å². The predicted molar refractivity (Wildman–Crippen MR) is 79.5 cm³/mol. The number of methoxy groups -OCH3 is 2. The number of rotatable bonds is 5. The fourth-order valence-corrected chi connectivity index (χ4v) is 2.23. The highest BCUT2D eigenvalue weighted by molar-refractivity contribution is 6.00. The van der Waals surface area contributed by atoms with Crippen molar-refractivity contribution in [1.82, 2.24) is 0 Å². The molecule has 0 bridgehead atoms. The first-order valence-electron chi connectivity index (χ1n) is 6.61. The maximum absolute atomic E-state index is 11.4. The molecule has 0 aliphatic heterocycles. The van der Waals surface area contributed by atoms with Crippen LogP contribution in [0.3, 0.4) is 0 Å². The largest absolute Gasteiger partial charge is 0.490 e. The van der Waals surface area contributed by atoms with E-state index >= 15 is 0 Å². The van der Waals surface area contributed by atoms with Crippen LogP contribution in [-0.4, -0.2) is 26.8 Å². The Morgan fingerprint density at radius 3 is 1.95 bits per heavy atom. The van der Waals surface area contributed by atoms with Crippen LogP contribution in [0, 0.1) is 0 Å². The monoisotopic (exact) mass is 290 g/mol. The van der Waals surface area contributed by atoms with Gasteiger partial charge in [0.25, 0.3) is 0 Å². The number of benzene rings is 2. The van der Waals surface area contributed by atoms with E-state index in [1.165, 1.54) is 21.1 Å². The van der Waals surface area contributed by atoms with Crippen molar-refractivity contribution in [2.24, 2.45) is 0 Å². The van der Waals surface area contributed by atoms with Crippen molar-refractivity contribution < 1.29 is 23.7 Å². The molecule has 2 rings (SSSR count). The SMILES string of the molecule is CCOc1c(OC)c(OC)c(OC(C)=O)c2ccccc12. The van der Waals surface area contributed by atoms with Crippen molar-refractivity contribution in [2.75, 3.05) is 20.8 Å². The Labute approximate surface area is 123 Å². The van der Waals surface area contributed by atoms with Crippen LogP contribution in [0.5, 0.6) is 23.0 Å². The second-order valence-corrected chi connectivity index (χ2v) is 4.30. The summed E-state index contributed by atoms with van der Waals surface area (Å²) in [5, 5.41) is 1.53. The molecule has 0 saturated carbocycles. The smallest absolute Gasteiger partial charge is 0.308 e. The minimum atomic E-state index is -0.426. The lowest BCUT2D eigenvalue weighted by molar-refractivity contribution is -0.131. The summed E-state index contributed by atoms with van der Waals surface area (Å²) < 4.78 is 21.8. The van der Waals surface area contributed by atoms with Crippen LogP contribution in [-0.2, 0) is 4.79 Å². The number of fused-ring (bicyclic) bond motifs is 1. The lowest BCUT2D eigenvalue weighted by Gasteiger charge is -2.19. The van der Waals surface area contributed by atoms with Gasteiger partial charge in [0.2, 0.25) is 11.5 Å². The second kappa shape index (κ2) is 6.35. The van der Waals surface area contributed by atoms with Crippen LogP contribution >= 0.6 is 0 Å². The summed E-state index contributed by atoms with van der Waals surface area (Å²) >= 11 is 0. The van der Waals surface area contributed by atoms with Gasteiger partial charge in [-0.25, -0.2) is 0 Å². The molecule has 0 spiro atoms. The summed E-state index contributed by atoms with van der Waals surface area (Å²) in [7, 11) is 3.02. The summed E-state index contributed by atoms with van der Waals surface area (Å²) in [5.41, 5.74) is 0. The molecule has 112 valence electrons. The van der Waals surface area contributed by atoms with Gasteiger partial charge >= 0.3 is 5.97 Å². The van der Waals surface area contributed by atoms with Crippen molar-refractivity contribution in [3.8, 4) is 23.0 Å². The number of hydrogen-bond donors (Lipinski definition) is 0. The molecule has 0 saturated heterocycles. The van der Waals surface area contributed by atoms with Gasteiger partial charge in [-0.05, 0) is 6.92 Å². The summed E-state index contributed by atoms with van der Waals surface area (Å²) in [4.78, 5) is 11.4. The highest BCUT2D eigenvalue weighted by atomic mass is 16.6. The van der Waals surface area contributed by atoms with Gasteiger partial charge < -0.3 is 18.9 Å². The third kappa shape index (κ3) is 2.72. The van der Waals surface area contributed by atoms with Gasteiger partial charge in [-0.15, -0.1) is 0 Å². The van der Waals surface area contributed by atoms with Gasteiger partial charge in [-0.3, -0.25) is 4.79 Å². The zero-order chi connectivity index (χ0) is 15.4. The van der Waals surface area contributed by atoms with E-state index in [9.17, 15) is 4.79 Å². The summed E-state index contributed by atoms with van der Waals surface area (Å²) in [6.07, 6.45) is 0. The molecule has 2 aromatic carbocycles. The van der Waals surface area contributed by atoms with Gasteiger partial charge in [-0.1, -0.05) is 24.3 Å². The van der Waals surface area contributed by atoms with Crippen molar-refractivity contribution in [2.45, 2.75) is 13.8 Å². The van der Waals surface area contributed by atoms with E-state index in [-0.39, 0.29) is 0 Å². The topological polar surface area (TPSA) is 54.0 Å². The van der Waals surface area contributed by atoms with Gasteiger partial charge in [0.05, 0.1) is 20.8 Å². The maximum atomic E-state index is 11.4. The lowest BCUT2D eigenvalue weighted by atomic mass is 10.1. The molecule has 5 nitrogen and oxygen atoms in total. The van der Waals surface area contributed by atoms with Crippen LogP contribution in [0.2, 0.25) is 0 Å². The molecule has 0 aliphatic rings. The first-order valence-corrected chi connectivity index (χ1v) is 6.61. The second-order valence-electron chi connectivity index (χ2n) is 4.30. The third-order valence-corrected chi connectivity index (χ3v) is 2.98.